The predicted octanol–water partition coefficient (Wildman–Crippen LogP) is 4.62. The summed E-state index contributed by atoms with van der Waals surface area (Å²) in [6.07, 6.45) is 3.72. The summed E-state index contributed by atoms with van der Waals surface area (Å²) in [6.45, 7) is 3.18. The topological polar surface area (TPSA) is 77.1 Å². The molecule has 0 saturated carbocycles. The van der Waals surface area contributed by atoms with Crippen LogP contribution in [0.15, 0.2) is 47.4 Å². The number of amides is 2. The second-order valence-electron chi connectivity index (χ2n) is 7.91. The van der Waals surface area contributed by atoms with Gasteiger partial charge in [0.1, 0.15) is 10.1 Å². The Morgan fingerprint density at radius 1 is 1.26 bits per heavy atom. The van der Waals surface area contributed by atoms with Crippen molar-refractivity contribution in [1.82, 2.24) is 4.90 Å². The molecule has 1 N–H and O–H groups in total. The second kappa shape index (κ2) is 11.7. The molecule has 2 aliphatic rings. The quantitative estimate of drug-likeness (QED) is 0.385. The summed E-state index contributed by atoms with van der Waals surface area (Å²) >= 11 is 6.68. The van der Waals surface area contributed by atoms with Crippen LogP contribution in [0, 0.1) is 5.82 Å². The van der Waals surface area contributed by atoms with Crippen LogP contribution in [0.1, 0.15) is 25.3 Å². The number of halogens is 1. The van der Waals surface area contributed by atoms with Gasteiger partial charge in [-0.2, -0.15) is 0 Å². The molecule has 2 fully saturated rings. The van der Waals surface area contributed by atoms with Gasteiger partial charge in [-0.05, 0) is 67.8 Å². The molecule has 35 heavy (non-hydrogen) atoms. The van der Waals surface area contributed by atoms with Crippen molar-refractivity contribution >= 4 is 51.9 Å². The minimum absolute atomic E-state index is 0.0260. The van der Waals surface area contributed by atoms with Gasteiger partial charge < -0.3 is 19.5 Å². The van der Waals surface area contributed by atoms with Crippen LogP contribution in [0.25, 0.3) is 6.08 Å². The molecule has 7 nitrogen and oxygen atoms in total. The zero-order chi connectivity index (χ0) is 24.8. The van der Waals surface area contributed by atoms with Crippen molar-refractivity contribution in [3.05, 3.63) is 58.8 Å². The standard InChI is InChI=1S/C25H25FN2O5S2/c1-2-31-21-12-16(13-22-24(30)28(25(34)35-22)14-19-4-3-11-32-19)5-10-20(21)33-15-23(29)27-18-8-6-17(26)7-9-18/h5-10,12-13,19H,2-4,11,14-15H2,1H3,(H,27,29). The number of nitrogens with one attached hydrogen (secondary N) is 1. The lowest BCUT2D eigenvalue weighted by atomic mass is 10.1. The van der Waals surface area contributed by atoms with Gasteiger partial charge in [0.25, 0.3) is 11.8 Å². The number of hydrogen-bond donors (Lipinski definition) is 1. The zero-order valence-electron chi connectivity index (χ0n) is 19.1. The number of ether oxygens (including phenoxy) is 3. The highest BCUT2D eigenvalue weighted by Crippen LogP contribution is 2.35. The molecule has 10 heteroatoms. The second-order valence-corrected chi connectivity index (χ2v) is 9.59. The minimum atomic E-state index is -0.391. The molecule has 0 bridgehead atoms. The van der Waals surface area contributed by atoms with Gasteiger partial charge in [0, 0.05) is 12.3 Å². The van der Waals surface area contributed by atoms with E-state index in [4.69, 9.17) is 26.4 Å². The fourth-order valence-corrected chi connectivity index (χ4v) is 4.95. The smallest absolute Gasteiger partial charge is 0.266 e. The first kappa shape index (κ1) is 25.2. The molecule has 1 unspecified atom stereocenters. The van der Waals surface area contributed by atoms with E-state index in [1.54, 1.807) is 29.2 Å². The van der Waals surface area contributed by atoms with E-state index in [9.17, 15) is 14.0 Å². The fraction of sp³-hybridized carbons (Fsp3) is 0.320. The molecule has 0 aliphatic carbocycles. The molecule has 0 spiro atoms. The normalized spacial score (nSPS) is 18.9. The first-order valence-electron chi connectivity index (χ1n) is 11.2. The summed E-state index contributed by atoms with van der Waals surface area (Å²) in [5.74, 6) is -0.0649. The Morgan fingerprint density at radius 2 is 2.06 bits per heavy atom. The Labute approximate surface area is 212 Å². The van der Waals surface area contributed by atoms with Crippen molar-refractivity contribution in [3.8, 4) is 11.5 Å². The van der Waals surface area contributed by atoms with E-state index < -0.39 is 5.91 Å². The van der Waals surface area contributed by atoms with Crippen LogP contribution in [0.3, 0.4) is 0 Å². The van der Waals surface area contributed by atoms with E-state index in [0.29, 0.717) is 39.6 Å². The van der Waals surface area contributed by atoms with Crippen LogP contribution in [0.4, 0.5) is 10.1 Å². The first-order chi connectivity index (χ1) is 16.9. The van der Waals surface area contributed by atoms with E-state index in [1.807, 2.05) is 6.92 Å². The van der Waals surface area contributed by atoms with Gasteiger partial charge in [-0.15, -0.1) is 0 Å². The summed E-state index contributed by atoms with van der Waals surface area (Å²) in [7, 11) is 0. The number of thiocarbonyl (C=S) groups is 1. The van der Waals surface area contributed by atoms with Crippen LogP contribution in [-0.4, -0.2) is 53.5 Å². The molecule has 2 aromatic carbocycles. The number of carbonyl (C=O) groups excluding carboxylic acids is 2. The Balaban J connectivity index is 1.41. The van der Waals surface area contributed by atoms with Gasteiger partial charge in [-0.1, -0.05) is 30.0 Å². The number of nitrogens with zero attached hydrogens (tertiary/aromatic N) is 1. The lowest BCUT2D eigenvalue weighted by Crippen LogP contribution is -2.35. The number of thioether (sulfide) groups is 1. The molecule has 0 aromatic heterocycles. The highest BCUT2D eigenvalue weighted by atomic mass is 32.2. The molecular weight excluding hydrogens is 491 g/mol. The Morgan fingerprint density at radius 3 is 2.77 bits per heavy atom. The van der Waals surface area contributed by atoms with E-state index >= 15 is 0 Å². The third-order valence-electron chi connectivity index (χ3n) is 5.34. The van der Waals surface area contributed by atoms with Crippen molar-refractivity contribution in [2.24, 2.45) is 0 Å². The van der Waals surface area contributed by atoms with Crippen LogP contribution in [0.5, 0.6) is 11.5 Å². The maximum atomic E-state index is 13.0. The summed E-state index contributed by atoms with van der Waals surface area (Å²) < 4.78 is 30.5. The van der Waals surface area contributed by atoms with E-state index in [0.717, 1.165) is 25.0 Å². The molecule has 0 radical (unpaired) electrons. The van der Waals surface area contributed by atoms with Crippen molar-refractivity contribution < 1.29 is 28.2 Å². The predicted molar refractivity (Wildman–Crippen MR) is 137 cm³/mol. The summed E-state index contributed by atoms with van der Waals surface area (Å²) in [5.41, 5.74) is 1.21. The number of hydrogen-bond acceptors (Lipinski definition) is 7. The average Bonchev–Trinajstić information content (AvgIpc) is 3.44. The third kappa shape index (κ3) is 6.59. The van der Waals surface area contributed by atoms with Gasteiger partial charge in [0.15, 0.2) is 18.1 Å². The number of benzene rings is 2. The van der Waals surface area contributed by atoms with Crippen molar-refractivity contribution in [2.45, 2.75) is 25.9 Å². The first-order valence-corrected chi connectivity index (χ1v) is 12.5. The summed E-state index contributed by atoms with van der Waals surface area (Å²) in [5, 5.41) is 2.64. The number of carbonyl (C=O) groups is 2. The lowest BCUT2D eigenvalue weighted by Gasteiger charge is -2.18. The summed E-state index contributed by atoms with van der Waals surface area (Å²) in [6, 6.07) is 10.7. The maximum Gasteiger partial charge on any atom is 0.266 e. The molecular formula is C25H25FN2O5S2. The molecule has 2 saturated heterocycles. The van der Waals surface area contributed by atoms with Crippen molar-refractivity contribution in [3.63, 3.8) is 0 Å². The number of rotatable bonds is 9. The Hall–Kier alpha value is -2.95. The maximum absolute atomic E-state index is 13.0. The van der Waals surface area contributed by atoms with Crippen LogP contribution in [-0.2, 0) is 14.3 Å². The zero-order valence-corrected chi connectivity index (χ0v) is 20.8. The van der Waals surface area contributed by atoms with Gasteiger partial charge in [-0.25, -0.2) is 4.39 Å². The Kier molecular flexibility index (Phi) is 8.37. The van der Waals surface area contributed by atoms with Crippen LogP contribution >= 0.6 is 24.0 Å². The monoisotopic (exact) mass is 516 g/mol. The molecule has 2 aromatic rings. The average molecular weight is 517 g/mol. The fourth-order valence-electron chi connectivity index (χ4n) is 3.68. The molecule has 1 atom stereocenters. The lowest BCUT2D eigenvalue weighted by molar-refractivity contribution is -0.123. The molecule has 4 rings (SSSR count). The van der Waals surface area contributed by atoms with Gasteiger partial charge in [0.05, 0.1) is 24.2 Å². The van der Waals surface area contributed by atoms with E-state index in [-0.39, 0.29) is 24.4 Å². The highest BCUT2D eigenvalue weighted by Gasteiger charge is 2.34. The third-order valence-corrected chi connectivity index (χ3v) is 6.71. The molecule has 2 heterocycles. The van der Waals surface area contributed by atoms with Gasteiger partial charge >= 0.3 is 0 Å². The number of anilines is 1. The summed E-state index contributed by atoms with van der Waals surface area (Å²) in [4.78, 5) is 27.2. The molecule has 2 amide bonds. The molecule has 2 aliphatic heterocycles. The van der Waals surface area contributed by atoms with Crippen LogP contribution < -0.4 is 14.8 Å². The minimum Gasteiger partial charge on any atom is -0.490 e. The molecule has 184 valence electrons. The van der Waals surface area contributed by atoms with Crippen molar-refractivity contribution in [2.75, 3.05) is 31.7 Å². The van der Waals surface area contributed by atoms with E-state index in [2.05, 4.69) is 5.32 Å². The van der Waals surface area contributed by atoms with Gasteiger partial charge in [-0.3, -0.25) is 14.5 Å². The largest absolute Gasteiger partial charge is 0.490 e. The SMILES string of the molecule is CCOc1cc(C=C2SC(=S)N(CC3CCCO3)C2=O)ccc1OCC(=O)Nc1ccc(F)cc1. The highest BCUT2D eigenvalue weighted by molar-refractivity contribution is 8.26. The van der Waals surface area contributed by atoms with Gasteiger partial charge in [0.2, 0.25) is 0 Å². The Bertz CT molecular complexity index is 1130. The van der Waals surface area contributed by atoms with Crippen LogP contribution in [0.2, 0.25) is 0 Å². The van der Waals surface area contributed by atoms with Crippen molar-refractivity contribution in [1.29, 1.82) is 0 Å². The van der Waals surface area contributed by atoms with E-state index in [1.165, 1.54) is 36.0 Å².